The Kier molecular flexibility index (Phi) is 6.58. The number of hydrogen-bond donors (Lipinski definition) is 1. The highest BCUT2D eigenvalue weighted by Crippen LogP contribution is 2.29. The third-order valence-electron chi connectivity index (χ3n) is 3.16. The number of thiophene rings is 1. The van der Waals surface area contributed by atoms with Gasteiger partial charge in [0.05, 0.1) is 12.2 Å². The molecule has 1 heterocycles. The maximum atomic E-state index is 12.1. The normalized spacial score (nSPS) is 10.8. The van der Waals surface area contributed by atoms with Crippen molar-refractivity contribution in [3.63, 3.8) is 0 Å². The highest BCUT2D eigenvalue weighted by Gasteiger charge is 2.17. The zero-order chi connectivity index (χ0) is 17.5. The van der Waals surface area contributed by atoms with Crippen LogP contribution < -0.4 is 5.32 Å². The van der Waals surface area contributed by atoms with E-state index in [1.807, 2.05) is 19.1 Å². The van der Waals surface area contributed by atoms with E-state index in [9.17, 15) is 9.59 Å². The van der Waals surface area contributed by atoms with Crippen LogP contribution in [0.15, 0.2) is 36.4 Å². The summed E-state index contributed by atoms with van der Waals surface area (Å²) in [7, 11) is 0. The average Bonchev–Trinajstić information content (AvgIpc) is 2.97. The minimum Gasteiger partial charge on any atom is -0.462 e. The molecule has 6 heteroatoms. The second-order valence-corrected chi connectivity index (χ2v) is 6.48. The van der Waals surface area contributed by atoms with Gasteiger partial charge in [0, 0.05) is 16.0 Å². The van der Waals surface area contributed by atoms with E-state index in [1.165, 1.54) is 17.4 Å². The standard InChI is InChI=1S/C18H18ClNO3S/c1-3-14-11-15(18(22)23-4-2)17(24-14)20-16(21)10-7-12-5-8-13(19)9-6-12/h5-11H,3-4H2,1-2H3,(H,20,21). The number of anilines is 1. The van der Waals surface area contributed by atoms with Gasteiger partial charge in [0.2, 0.25) is 5.91 Å². The molecule has 126 valence electrons. The van der Waals surface area contributed by atoms with Gasteiger partial charge >= 0.3 is 5.97 Å². The Morgan fingerprint density at radius 1 is 1.25 bits per heavy atom. The molecule has 0 bridgehead atoms. The fraction of sp³-hybridized carbons (Fsp3) is 0.222. The quantitative estimate of drug-likeness (QED) is 0.592. The summed E-state index contributed by atoms with van der Waals surface area (Å²) in [6.07, 6.45) is 3.89. The maximum absolute atomic E-state index is 12.1. The van der Waals surface area contributed by atoms with Crippen molar-refractivity contribution in [3.05, 3.63) is 57.4 Å². The van der Waals surface area contributed by atoms with E-state index < -0.39 is 5.97 Å². The molecular formula is C18H18ClNO3S. The van der Waals surface area contributed by atoms with E-state index in [-0.39, 0.29) is 5.91 Å². The summed E-state index contributed by atoms with van der Waals surface area (Å²) in [5.41, 5.74) is 1.26. The molecule has 1 amide bonds. The Bertz CT molecular complexity index is 750. The number of amides is 1. The lowest BCUT2D eigenvalue weighted by atomic mass is 10.2. The van der Waals surface area contributed by atoms with Crippen LogP contribution in [0.1, 0.15) is 34.6 Å². The Balaban J connectivity index is 2.11. The van der Waals surface area contributed by atoms with Crippen molar-refractivity contribution in [2.45, 2.75) is 20.3 Å². The molecule has 0 radical (unpaired) electrons. The fourth-order valence-corrected chi connectivity index (χ4v) is 3.08. The molecule has 2 aromatic rings. The number of carbonyl (C=O) groups is 2. The first kappa shape index (κ1) is 18.2. The molecule has 0 aliphatic heterocycles. The van der Waals surface area contributed by atoms with Gasteiger partial charge in [-0.1, -0.05) is 30.7 Å². The van der Waals surface area contributed by atoms with Gasteiger partial charge in [0.15, 0.2) is 0 Å². The van der Waals surface area contributed by atoms with E-state index in [0.717, 1.165) is 16.9 Å². The smallest absolute Gasteiger partial charge is 0.341 e. The van der Waals surface area contributed by atoms with Crippen LogP contribution in [0.25, 0.3) is 6.08 Å². The number of halogens is 1. The number of aryl methyl sites for hydroxylation is 1. The Morgan fingerprint density at radius 2 is 1.96 bits per heavy atom. The van der Waals surface area contributed by atoms with Crippen LogP contribution in [-0.4, -0.2) is 18.5 Å². The molecule has 0 spiro atoms. The van der Waals surface area contributed by atoms with Gasteiger partial charge in [-0.15, -0.1) is 11.3 Å². The van der Waals surface area contributed by atoms with E-state index in [4.69, 9.17) is 16.3 Å². The van der Waals surface area contributed by atoms with Crippen LogP contribution in [0.2, 0.25) is 5.02 Å². The van der Waals surface area contributed by atoms with Gasteiger partial charge in [0.1, 0.15) is 5.00 Å². The lowest BCUT2D eigenvalue weighted by molar-refractivity contribution is -0.111. The van der Waals surface area contributed by atoms with Crippen molar-refractivity contribution >= 4 is 45.9 Å². The maximum Gasteiger partial charge on any atom is 0.341 e. The molecule has 0 aliphatic rings. The first-order valence-corrected chi connectivity index (χ1v) is 8.77. The summed E-state index contributed by atoms with van der Waals surface area (Å²) in [4.78, 5) is 25.1. The topological polar surface area (TPSA) is 55.4 Å². The Morgan fingerprint density at radius 3 is 2.58 bits per heavy atom. The minimum absolute atomic E-state index is 0.292. The second kappa shape index (κ2) is 8.66. The molecule has 0 fully saturated rings. The zero-order valence-corrected chi connectivity index (χ0v) is 15.0. The monoisotopic (exact) mass is 363 g/mol. The molecule has 1 N–H and O–H groups in total. The van der Waals surface area contributed by atoms with Gasteiger partial charge in [-0.25, -0.2) is 4.79 Å². The number of benzene rings is 1. The molecule has 0 aliphatic carbocycles. The van der Waals surface area contributed by atoms with Crippen LogP contribution in [0.3, 0.4) is 0 Å². The van der Waals surface area contributed by atoms with E-state index >= 15 is 0 Å². The van der Waals surface area contributed by atoms with Crippen LogP contribution in [-0.2, 0) is 16.0 Å². The molecule has 2 rings (SSSR count). The highest BCUT2D eigenvalue weighted by atomic mass is 35.5. The van der Waals surface area contributed by atoms with Crippen molar-refractivity contribution < 1.29 is 14.3 Å². The van der Waals surface area contributed by atoms with Crippen LogP contribution >= 0.6 is 22.9 Å². The summed E-state index contributed by atoms with van der Waals surface area (Å²) in [5, 5.41) is 3.90. The van der Waals surface area contributed by atoms with Gasteiger partial charge in [0.25, 0.3) is 0 Å². The fourth-order valence-electron chi connectivity index (χ4n) is 1.97. The van der Waals surface area contributed by atoms with E-state index in [2.05, 4.69) is 5.32 Å². The number of rotatable bonds is 6. The van der Waals surface area contributed by atoms with Crippen molar-refractivity contribution in [2.75, 3.05) is 11.9 Å². The molecule has 0 saturated carbocycles. The number of carbonyl (C=O) groups excluding carboxylic acids is 2. The second-order valence-electron chi connectivity index (χ2n) is 4.90. The van der Waals surface area contributed by atoms with Crippen molar-refractivity contribution in [1.82, 2.24) is 0 Å². The lowest BCUT2D eigenvalue weighted by Crippen LogP contribution is -2.11. The summed E-state index contributed by atoms with van der Waals surface area (Å²) >= 11 is 7.21. The summed E-state index contributed by atoms with van der Waals surface area (Å²) in [6.45, 7) is 4.03. The van der Waals surface area contributed by atoms with Gasteiger partial charge in [-0.2, -0.15) is 0 Å². The summed E-state index contributed by atoms with van der Waals surface area (Å²) in [5.74, 6) is -0.731. The minimum atomic E-state index is -0.426. The largest absolute Gasteiger partial charge is 0.462 e. The number of hydrogen-bond acceptors (Lipinski definition) is 4. The molecule has 24 heavy (non-hydrogen) atoms. The Labute approximate surface area is 150 Å². The molecule has 0 unspecified atom stereocenters. The molecule has 0 atom stereocenters. The van der Waals surface area contributed by atoms with Gasteiger partial charge in [-0.05, 0) is 43.2 Å². The number of ether oxygens (including phenoxy) is 1. The van der Waals surface area contributed by atoms with Gasteiger partial charge < -0.3 is 10.1 Å². The van der Waals surface area contributed by atoms with Crippen LogP contribution in [0.4, 0.5) is 5.00 Å². The number of nitrogens with one attached hydrogen (secondary N) is 1. The van der Waals surface area contributed by atoms with Crippen molar-refractivity contribution in [1.29, 1.82) is 0 Å². The highest BCUT2D eigenvalue weighted by molar-refractivity contribution is 7.16. The van der Waals surface area contributed by atoms with Crippen molar-refractivity contribution in [2.24, 2.45) is 0 Å². The predicted octanol–water partition coefficient (Wildman–Crippen LogP) is 4.79. The predicted molar refractivity (Wildman–Crippen MR) is 98.8 cm³/mol. The first-order valence-electron chi connectivity index (χ1n) is 7.58. The third-order valence-corrected chi connectivity index (χ3v) is 4.61. The van der Waals surface area contributed by atoms with E-state index in [0.29, 0.717) is 22.2 Å². The average molecular weight is 364 g/mol. The number of esters is 1. The first-order chi connectivity index (χ1) is 11.5. The summed E-state index contributed by atoms with van der Waals surface area (Å²) < 4.78 is 5.03. The van der Waals surface area contributed by atoms with Crippen LogP contribution in [0.5, 0.6) is 0 Å². The molecule has 1 aromatic carbocycles. The van der Waals surface area contributed by atoms with Gasteiger partial charge in [-0.3, -0.25) is 4.79 Å². The molecular weight excluding hydrogens is 346 g/mol. The van der Waals surface area contributed by atoms with Crippen molar-refractivity contribution in [3.8, 4) is 0 Å². The zero-order valence-electron chi connectivity index (χ0n) is 13.5. The lowest BCUT2D eigenvalue weighted by Gasteiger charge is -2.03. The molecule has 4 nitrogen and oxygen atoms in total. The molecule has 0 saturated heterocycles. The SMILES string of the molecule is CCOC(=O)c1cc(CC)sc1NC(=O)C=Cc1ccc(Cl)cc1. The van der Waals surface area contributed by atoms with Crippen LogP contribution in [0, 0.1) is 0 Å². The summed E-state index contributed by atoms with van der Waals surface area (Å²) in [6, 6.07) is 8.91. The third kappa shape index (κ3) is 4.94. The van der Waals surface area contributed by atoms with E-state index in [1.54, 1.807) is 31.2 Å². The Hall–Kier alpha value is -2.11. The molecule has 1 aromatic heterocycles.